The van der Waals surface area contributed by atoms with Crippen molar-refractivity contribution < 1.29 is 24.2 Å². The number of amides is 2. The van der Waals surface area contributed by atoms with Crippen molar-refractivity contribution in [3.8, 4) is 11.1 Å². The molecule has 1 heterocycles. The monoisotopic (exact) mass is 478 g/mol. The molecule has 2 aromatic rings. The van der Waals surface area contributed by atoms with E-state index in [4.69, 9.17) is 4.74 Å². The van der Waals surface area contributed by atoms with E-state index in [0.29, 0.717) is 25.8 Å². The minimum Gasteiger partial charge on any atom is -0.481 e. The number of nitrogens with zero attached hydrogens (tertiary/aromatic N) is 1. The largest absolute Gasteiger partial charge is 0.481 e. The Morgan fingerprint density at radius 2 is 1.69 bits per heavy atom. The first-order valence-electron chi connectivity index (χ1n) is 12.4. The van der Waals surface area contributed by atoms with Gasteiger partial charge in [-0.25, -0.2) is 4.79 Å². The van der Waals surface area contributed by atoms with Crippen LogP contribution in [-0.2, 0) is 14.3 Å². The Morgan fingerprint density at radius 1 is 1.09 bits per heavy atom. The number of carbonyl (C=O) groups is 3. The number of ether oxygens (including phenoxy) is 1. The van der Waals surface area contributed by atoms with Crippen molar-refractivity contribution in [1.29, 1.82) is 0 Å². The van der Waals surface area contributed by atoms with Crippen LogP contribution in [0.2, 0.25) is 0 Å². The molecule has 186 valence electrons. The van der Waals surface area contributed by atoms with E-state index < -0.39 is 23.5 Å². The van der Waals surface area contributed by atoms with Crippen LogP contribution in [0, 0.1) is 11.3 Å². The minimum absolute atomic E-state index is 0.0646. The lowest BCUT2D eigenvalue weighted by molar-refractivity contribution is -0.148. The molecule has 7 nitrogen and oxygen atoms in total. The normalized spacial score (nSPS) is 20.6. The number of nitrogens with one attached hydrogen (secondary N) is 1. The van der Waals surface area contributed by atoms with Crippen molar-refractivity contribution in [2.75, 3.05) is 19.7 Å². The zero-order valence-electron chi connectivity index (χ0n) is 20.6. The molecule has 2 amide bonds. The van der Waals surface area contributed by atoms with E-state index in [1.165, 1.54) is 0 Å². The van der Waals surface area contributed by atoms with E-state index in [1.807, 2.05) is 45.0 Å². The van der Waals surface area contributed by atoms with E-state index in [-0.39, 0.29) is 30.9 Å². The molecule has 1 aliphatic heterocycles. The Hall–Kier alpha value is -3.35. The molecule has 2 aromatic carbocycles. The summed E-state index contributed by atoms with van der Waals surface area (Å²) < 4.78 is 5.66. The molecule has 1 saturated heterocycles. The molecule has 0 aromatic heterocycles. The number of fused-ring (bicyclic) bond motifs is 3. The van der Waals surface area contributed by atoms with E-state index in [9.17, 15) is 19.5 Å². The number of carbonyl (C=O) groups excluding carboxylic acids is 2. The van der Waals surface area contributed by atoms with Crippen molar-refractivity contribution in [3.05, 3.63) is 59.7 Å². The molecule has 0 bridgehead atoms. The lowest BCUT2D eigenvalue weighted by atomic mass is 9.84. The maximum atomic E-state index is 13.4. The molecular formula is C28H34N2O5. The highest BCUT2D eigenvalue weighted by Gasteiger charge is 2.46. The Balaban J connectivity index is 1.44. The summed E-state index contributed by atoms with van der Waals surface area (Å²) in [7, 11) is 0. The summed E-state index contributed by atoms with van der Waals surface area (Å²) in [5, 5.41) is 12.5. The predicted octanol–water partition coefficient (Wildman–Crippen LogP) is 4.65. The molecular weight excluding hydrogens is 444 g/mol. The first kappa shape index (κ1) is 24.8. The third-order valence-electron chi connectivity index (χ3n) is 7.89. The van der Waals surface area contributed by atoms with Gasteiger partial charge in [0.2, 0.25) is 5.91 Å². The van der Waals surface area contributed by atoms with Gasteiger partial charge in [0.05, 0.1) is 5.41 Å². The molecule has 2 N–H and O–H groups in total. The van der Waals surface area contributed by atoms with Gasteiger partial charge in [-0.15, -0.1) is 0 Å². The second-order valence-electron chi connectivity index (χ2n) is 9.78. The highest BCUT2D eigenvalue weighted by atomic mass is 16.5. The van der Waals surface area contributed by atoms with Gasteiger partial charge >= 0.3 is 12.1 Å². The number of hydrogen-bond donors (Lipinski definition) is 2. The lowest BCUT2D eigenvalue weighted by Crippen LogP contribution is -2.52. The molecule has 0 saturated carbocycles. The van der Waals surface area contributed by atoms with Crippen LogP contribution in [0.4, 0.5) is 4.79 Å². The standard InChI is InChI=1S/C28H34N2O5/c1-4-18(3)24(25(31)30-15-14-28(5-2,17-30)26(32)33)29-27(34)35-16-23-21-12-8-6-10-19(21)20-11-7-9-13-22(20)23/h6-13,18,23-24H,4-5,14-17H2,1-3H3,(H,29,34)(H,32,33)/t18?,24-,28?/m0/s1. The zero-order valence-corrected chi connectivity index (χ0v) is 20.6. The van der Waals surface area contributed by atoms with Crippen LogP contribution in [0.1, 0.15) is 57.1 Å². The summed E-state index contributed by atoms with van der Waals surface area (Å²) in [6.07, 6.45) is 0.929. The summed E-state index contributed by atoms with van der Waals surface area (Å²) in [6, 6.07) is 15.5. The third-order valence-corrected chi connectivity index (χ3v) is 7.89. The highest BCUT2D eigenvalue weighted by Crippen LogP contribution is 2.44. The van der Waals surface area contributed by atoms with Crippen LogP contribution in [0.5, 0.6) is 0 Å². The van der Waals surface area contributed by atoms with Gasteiger partial charge in [-0.1, -0.05) is 75.7 Å². The Bertz CT molecular complexity index is 1070. The number of aliphatic carboxylic acids is 1. The molecule has 0 spiro atoms. The molecule has 7 heteroatoms. The van der Waals surface area contributed by atoms with Crippen LogP contribution in [0.15, 0.2) is 48.5 Å². The van der Waals surface area contributed by atoms with Gasteiger partial charge in [-0.3, -0.25) is 9.59 Å². The van der Waals surface area contributed by atoms with Crippen molar-refractivity contribution in [1.82, 2.24) is 10.2 Å². The maximum Gasteiger partial charge on any atom is 0.407 e. The number of carboxylic acid groups (broad SMARTS) is 1. The molecule has 2 aliphatic rings. The fourth-order valence-electron chi connectivity index (χ4n) is 5.32. The van der Waals surface area contributed by atoms with Gasteiger partial charge in [0.25, 0.3) is 0 Å². The minimum atomic E-state index is -0.917. The average Bonchev–Trinajstić information content (AvgIpc) is 3.46. The Labute approximate surface area is 206 Å². The quantitative estimate of drug-likeness (QED) is 0.576. The SMILES string of the molecule is CCC(C)[C@H](NC(=O)OCC1c2ccccc2-c2ccccc21)C(=O)N1CCC(CC)(C(=O)O)C1. The number of rotatable bonds is 8. The summed E-state index contributed by atoms with van der Waals surface area (Å²) in [6.45, 7) is 6.41. The number of likely N-dealkylation sites (tertiary alicyclic amines) is 1. The fraction of sp³-hybridized carbons (Fsp3) is 0.464. The summed E-state index contributed by atoms with van der Waals surface area (Å²) in [5.41, 5.74) is 3.63. The third kappa shape index (κ3) is 4.64. The second kappa shape index (κ2) is 10.1. The van der Waals surface area contributed by atoms with Crippen LogP contribution in [-0.4, -0.2) is 53.7 Å². The number of carboxylic acids is 1. The van der Waals surface area contributed by atoms with Gasteiger partial charge in [0.15, 0.2) is 0 Å². The van der Waals surface area contributed by atoms with Gasteiger partial charge in [0, 0.05) is 19.0 Å². The summed E-state index contributed by atoms with van der Waals surface area (Å²) in [5.74, 6) is -1.31. The zero-order chi connectivity index (χ0) is 25.2. The smallest absolute Gasteiger partial charge is 0.407 e. The van der Waals surface area contributed by atoms with Gasteiger partial charge < -0.3 is 20.1 Å². The average molecular weight is 479 g/mol. The van der Waals surface area contributed by atoms with E-state index >= 15 is 0 Å². The van der Waals surface area contributed by atoms with Crippen LogP contribution in [0.3, 0.4) is 0 Å². The molecule has 1 fully saturated rings. The number of alkyl carbamates (subject to hydrolysis) is 1. The first-order chi connectivity index (χ1) is 16.8. The Morgan fingerprint density at radius 3 is 2.20 bits per heavy atom. The molecule has 35 heavy (non-hydrogen) atoms. The van der Waals surface area contributed by atoms with Crippen molar-refractivity contribution >= 4 is 18.0 Å². The fourth-order valence-corrected chi connectivity index (χ4v) is 5.32. The maximum absolute atomic E-state index is 13.4. The van der Waals surface area contributed by atoms with E-state index in [2.05, 4.69) is 29.6 Å². The van der Waals surface area contributed by atoms with Crippen LogP contribution >= 0.6 is 0 Å². The first-order valence-corrected chi connectivity index (χ1v) is 12.4. The summed E-state index contributed by atoms with van der Waals surface area (Å²) >= 11 is 0. The van der Waals surface area contributed by atoms with Crippen molar-refractivity contribution in [3.63, 3.8) is 0 Å². The van der Waals surface area contributed by atoms with Crippen LogP contribution < -0.4 is 5.32 Å². The van der Waals surface area contributed by atoms with Crippen molar-refractivity contribution in [2.45, 2.75) is 52.0 Å². The molecule has 1 aliphatic carbocycles. The van der Waals surface area contributed by atoms with Crippen molar-refractivity contribution in [2.24, 2.45) is 11.3 Å². The van der Waals surface area contributed by atoms with E-state index in [1.54, 1.807) is 4.90 Å². The Kier molecular flexibility index (Phi) is 7.15. The predicted molar refractivity (Wildman–Crippen MR) is 133 cm³/mol. The molecule has 0 radical (unpaired) electrons. The molecule has 2 unspecified atom stereocenters. The van der Waals surface area contributed by atoms with Gasteiger partial charge in [0.1, 0.15) is 12.6 Å². The topological polar surface area (TPSA) is 95.9 Å². The van der Waals surface area contributed by atoms with E-state index in [0.717, 1.165) is 22.3 Å². The second-order valence-corrected chi connectivity index (χ2v) is 9.78. The molecule has 4 rings (SSSR count). The molecule has 3 atom stereocenters. The van der Waals surface area contributed by atoms with Crippen LogP contribution in [0.25, 0.3) is 11.1 Å². The lowest BCUT2D eigenvalue weighted by Gasteiger charge is -2.29. The number of hydrogen-bond acceptors (Lipinski definition) is 4. The highest BCUT2D eigenvalue weighted by molar-refractivity contribution is 5.87. The summed E-state index contributed by atoms with van der Waals surface area (Å²) in [4.78, 5) is 39.6. The van der Waals surface area contributed by atoms with Gasteiger partial charge in [-0.05, 0) is 41.0 Å². The van der Waals surface area contributed by atoms with Gasteiger partial charge in [-0.2, -0.15) is 0 Å². The number of benzene rings is 2.